The van der Waals surface area contributed by atoms with Crippen LogP contribution in [0.2, 0.25) is 0 Å². The van der Waals surface area contributed by atoms with Crippen LogP contribution in [0.4, 0.5) is 0 Å². The lowest BCUT2D eigenvalue weighted by Gasteiger charge is -2.13. The lowest BCUT2D eigenvalue weighted by molar-refractivity contribution is -0.660. The van der Waals surface area contributed by atoms with E-state index in [-0.39, 0.29) is 60.1 Å². The number of aryl methyl sites for hydroxylation is 16. The average molecular weight is 1920 g/mol. The molecule has 10 aromatic heterocycles. The molecule has 15 heterocycles. The fourth-order valence-electron chi connectivity index (χ4n) is 24.1. The largest absolute Gasteiger partial charge is 0.485 e. The standard InChI is InChI=1S/C27H24NO2.4C26H22NO2/c1-15-9-10-18-19-11-12-23-25(20-7-5-6-8-22(20)29-23)27(19)30-26(18)24(15)21-13-16(2)17(3)14-28(21)4;2*1-15-8-12-20(27(3)14-15)23-16(2)9-10-17-18-11-13-22-24(26(18)29-25(17)23)19-6-4-5-7-21(19)28-22;2*1-15-12-13-27(3)20(14-15)23-16(2)8-9-17-18-10-11-22-24(26(18)29-25(17)23)19-6-4-5-7-21(19)28-22/h5-14,20,22H,1-4H3;4*4-14,19,21H,1-3H3/q5*+1/i;1D3;;;. The second-order valence-electron chi connectivity index (χ2n) is 41.0. The molecule has 10 aliphatic rings. The van der Waals surface area contributed by atoms with E-state index < -0.39 is 6.85 Å². The molecule has 10 unspecified atom stereocenters. The van der Waals surface area contributed by atoms with Crippen LogP contribution in [-0.4, -0.2) is 30.5 Å². The summed E-state index contributed by atoms with van der Waals surface area (Å²) in [4.78, 5) is 0. The molecule has 0 saturated carbocycles. The van der Waals surface area contributed by atoms with E-state index in [1.807, 2.05) is 29.8 Å². The number of fused-ring (bicyclic) bond motifs is 35. The summed E-state index contributed by atoms with van der Waals surface area (Å²) in [5.41, 5.74) is 38.8. The number of pyridine rings is 5. The molecule has 5 aliphatic carbocycles. The van der Waals surface area contributed by atoms with Crippen LogP contribution in [0.15, 0.2) is 351 Å². The van der Waals surface area contributed by atoms with Gasteiger partial charge in [-0.3, -0.25) is 0 Å². The van der Waals surface area contributed by atoms with Gasteiger partial charge in [-0.25, -0.2) is 22.8 Å². The van der Waals surface area contributed by atoms with Crippen LogP contribution in [0.3, 0.4) is 0 Å². The summed E-state index contributed by atoms with van der Waals surface area (Å²) < 4.78 is 97.9. The minimum absolute atomic E-state index is 0.000228. The summed E-state index contributed by atoms with van der Waals surface area (Å²) in [6, 6.07) is 61.7. The molecular formula is C131H112N5O10+5. The third-order valence-electron chi connectivity index (χ3n) is 31.5. The summed E-state index contributed by atoms with van der Waals surface area (Å²) in [5, 5.41) is 11.4. The molecule has 10 atom stereocenters. The highest BCUT2D eigenvalue weighted by atomic mass is 16.5. The number of ether oxygens (including phenoxy) is 5. The second kappa shape index (κ2) is 34.6. The molecule has 0 spiro atoms. The Hall–Kier alpha value is -16.7. The molecule has 5 aliphatic heterocycles. The van der Waals surface area contributed by atoms with Crippen molar-refractivity contribution < 1.29 is 72.7 Å². The van der Waals surface area contributed by atoms with Gasteiger partial charge in [-0.2, -0.15) is 0 Å². The summed E-state index contributed by atoms with van der Waals surface area (Å²) in [7, 11) is 10.3. The summed E-state index contributed by atoms with van der Waals surface area (Å²) >= 11 is 0. The fourth-order valence-corrected chi connectivity index (χ4v) is 24.1. The van der Waals surface area contributed by atoms with Crippen LogP contribution < -0.4 is 46.5 Å². The monoisotopic (exact) mass is 1920 g/mol. The zero-order valence-electron chi connectivity index (χ0n) is 87.3. The minimum Gasteiger partial charge on any atom is -0.485 e. The molecule has 0 N–H and O–H groups in total. The number of rotatable bonds is 5. The molecular weight excluding hydrogens is 1800 g/mol. The Labute approximate surface area is 851 Å². The fraction of sp³-hybridized carbons (Fsp3) is 0.198. The Morgan fingerprint density at radius 1 is 0.205 bits per heavy atom. The van der Waals surface area contributed by atoms with E-state index in [0.29, 0.717) is 5.56 Å². The number of hydrogen-bond donors (Lipinski definition) is 0. The molecule has 30 rings (SSSR count). The lowest BCUT2D eigenvalue weighted by atomic mass is 9.91. The first-order valence-electron chi connectivity index (χ1n) is 52.1. The van der Waals surface area contributed by atoms with Crippen molar-refractivity contribution in [3.05, 3.63) is 417 Å². The first kappa shape index (κ1) is 86.1. The Morgan fingerprint density at radius 2 is 0.445 bits per heavy atom. The smallest absolute Gasteiger partial charge is 0.216 e. The minimum atomic E-state index is -2.14. The molecule has 146 heavy (non-hydrogen) atoms. The molecule has 0 amide bonds. The summed E-state index contributed by atoms with van der Waals surface area (Å²) in [5.74, 6) is 5.56. The van der Waals surface area contributed by atoms with Crippen molar-refractivity contribution in [3.63, 3.8) is 0 Å². The van der Waals surface area contributed by atoms with Gasteiger partial charge in [0, 0.05) is 145 Å². The maximum absolute atomic E-state index is 7.72. The van der Waals surface area contributed by atoms with Crippen molar-refractivity contribution in [1.29, 1.82) is 0 Å². The van der Waals surface area contributed by atoms with E-state index in [1.165, 1.54) is 89.4 Å². The highest BCUT2D eigenvalue weighted by Crippen LogP contribution is 2.56. The summed E-state index contributed by atoms with van der Waals surface area (Å²) in [6.07, 6.45) is 52.8. The van der Waals surface area contributed by atoms with Crippen molar-refractivity contribution in [2.24, 2.45) is 35.2 Å². The van der Waals surface area contributed by atoms with Crippen molar-refractivity contribution in [3.8, 4) is 85.0 Å². The number of allylic oxidation sites excluding steroid dienone is 10. The van der Waals surface area contributed by atoms with E-state index in [9.17, 15) is 0 Å². The van der Waals surface area contributed by atoms with Gasteiger partial charge in [-0.05, 0) is 224 Å². The Kier molecular flexibility index (Phi) is 20.4. The van der Waals surface area contributed by atoms with Gasteiger partial charge in [0.2, 0.25) is 28.5 Å². The normalized spacial score (nSPS) is 19.9. The maximum atomic E-state index is 7.72. The van der Waals surface area contributed by atoms with E-state index in [4.69, 9.17) is 49.9 Å². The predicted molar refractivity (Wildman–Crippen MR) is 581 cm³/mol. The van der Waals surface area contributed by atoms with Gasteiger partial charge < -0.3 is 45.8 Å². The third-order valence-corrected chi connectivity index (χ3v) is 31.5. The van der Waals surface area contributed by atoms with Gasteiger partial charge in [0.25, 0.3) is 0 Å². The Bertz CT molecular complexity index is 9330. The van der Waals surface area contributed by atoms with Crippen molar-refractivity contribution >= 4 is 110 Å². The topological polar surface area (TPSA) is 131 Å². The number of benzene rings is 10. The van der Waals surface area contributed by atoms with E-state index in [2.05, 4.69) is 414 Å². The van der Waals surface area contributed by atoms with Gasteiger partial charge >= 0.3 is 0 Å². The molecule has 20 aromatic rings. The van der Waals surface area contributed by atoms with Crippen LogP contribution >= 0.6 is 0 Å². The van der Waals surface area contributed by atoms with Crippen LogP contribution in [-0.2, 0) is 35.2 Å². The van der Waals surface area contributed by atoms with Gasteiger partial charge in [0.1, 0.15) is 150 Å². The van der Waals surface area contributed by atoms with Crippen molar-refractivity contribution in [2.75, 3.05) is 0 Å². The number of aromatic nitrogens is 5. The quantitative estimate of drug-likeness (QED) is 0.153. The number of hydrogen-bond acceptors (Lipinski definition) is 10. The zero-order valence-corrected chi connectivity index (χ0v) is 84.3. The van der Waals surface area contributed by atoms with Gasteiger partial charge in [0.05, 0.1) is 57.4 Å². The molecule has 716 valence electrons. The molecule has 0 fully saturated rings. The highest BCUT2D eigenvalue weighted by molar-refractivity contribution is 6.16. The Balaban J connectivity index is 0.0000000941. The molecule has 0 bridgehead atoms. The first-order valence-corrected chi connectivity index (χ1v) is 50.6. The second-order valence-corrected chi connectivity index (χ2v) is 41.0. The lowest BCUT2D eigenvalue weighted by Crippen LogP contribution is -2.31. The maximum Gasteiger partial charge on any atom is 0.216 e. The van der Waals surface area contributed by atoms with Crippen LogP contribution in [0, 0.1) is 76.1 Å². The number of nitrogens with zero attached hydrogens (tertiary/aromatic N) is 5. The summed E-state index contributed by atoms with van der Waals surface area (Å²) in [6.45, 7) is 19.2. The van der Waals surface area contributed by atoms with Crippen molar-refractivity contribution in [2.45, 2.75) is 136 Å². The molecule has 0 radical (unpaired) electrons. The SMILES string of the molecule is Cc1cc(-c2c(C)ccc3c2oc2c4c(ccc23)OC2C=CC=CC42)[n+](C)cc1C.Cc1cc[n+](C)c(-c2c(C)ccc3c2oc2c4c(ccc23)OC2C=CC=CC42)c1.Cc1cc[n+](C)c(-c2c(C)ccc3c2oc2c4c(ccc23)OC2C=CC=CC42)c1.Cc1ccc(-c2c(C)ccc3c2oc2c4c(ccc23)OC2C=CC=CC42)[n+](C)c1.[2H]C([2H])([2H])c1ccc(-c2c(C)ccc3c2oc2c4c(ccc23)OC2C=CC=CC42)[n+](C)c1. The predicted octanol–water partition coefficient (Wildman–Crippen LogP) is 28.6. The van der Waals surface area contributed by atoms with E-state index in [1.54, 1.807) is 12.3 Å². The van der Waals surface area contributed by atoms with Gasteiger partial charge in [-0.1, -0.05) is 152 Å². The van der Waals surface area contributed by atoms with Gasteiger partial charge in [-0.15, -0.1) is 0 Å². The highest BCUT2D eigenvalue weighted by Gasteiger charge is 2.43. The van der Waals surface area contributed by atoms with Crippen LogP contribution in [0.1, 0.15) is 123 Å². The van der Waals surface area contributed by atoms with Crippen molar-refractivity contribution in [1.82, 2.24) is 0 Å². The van der Waals surface area contributed by atoms with Crippen LogP contribution in [0.5, 0.6) is 28.7 Å². The molecule has 0 saturated heterocycles. The Morgan fingerprint density at radius 3 is 0.726 bits per heavy atom. The molecule has 10 aromatic carbocycles. The van der Waals surface area contributed by atoms with E-state index >= 15 is 0 Å². The molecule has 15 nitrogen and oxygen atoms in total. The van der Waals surface area contributed by atoms with Gasteiger partial charge in [0.15, 0.2) is 31.0 Å². The molecule has 15 heteroatoms. The van der Waals surface area contributed by atoms with E-state index in [0.717, 1.165) is 189 Å². The average Bonchev–Trinajstić information content (AvgIpc) is 1.59. The zero-order chi connectivity index (χ0) is 102. The number of furan rings is 5. The third kappa shape index (κ3) is 14.4. The van der Waals surface area contributed by atoms with Crippen LogP contribution in [0.25, 0.3) is 166 Å². The first-order chi connectivity index (χ1) is 72.2.